The predicted octanol–water partition coefficient (Wildman–Crippen LogP) is 2.07. The van der Waals surface area contributed by atoms with Crippen molar-refractivity contribution in [2.75, 3.05) is 18.0 Å². The Morgan fingerprint density at radius 2 is 2.14 bits per heavy atom. The molecular formula is C13H16F3N5. The molecule has 114 valence electrons. The molecule has 21 heavy (non-hydrogen) atoms. The molecule has 0 saturated heterocycles. The smallest absolute Gasteiger partial charge is 0.352 e. The minimum Gasteiger partial charge on any atom is -0.352 e. The SMILES string of the molecule is NCCCN(c1nccn2nc(C(F)(F)F)cc12)C1CC1. The fourth-order valence-electron chi connectivity index (χ4n) is 2.38. The number of hydrogen-bond donors (Lipinski definition) is 1. The molecule has 2 aromatic rings. The highest BCUT2D eigenvalue weighted by Crippen LogP contribution is 2.35. The van der Waals surface area contributed by atoms with E-state index in [-0.39, 0.29) is 0 Å². The van der Waals surface area contributed by atoms with Crippen LogP contribution in [-0.2, 0) is 6.18 Å². The summed E-state index contributed by atoms with van der Waals surface area (Å²) >= 11 is 0. The van der Waals surface area contributed by atoms with Gasteiger partial charge in [-0.25, -0.2) is 9.50 Å². The first-order valence-corrected chi connectivity index (χ1v) is 6.89. The molecule has 8 heteroatoms. The molecule has 5 nitrogen and oxygen atoms in total. The molecule has 3 rings (SSSR count). The van der Waals surface area contributed by atoms with Crippen LogP contribution in [0.4, 0.5) is 19.0 Å². The Morgan fingerprint density at radius 3 is 2.76 bits per heavy atom. The summed E-state index contributed by atoms with van der Waals surface area (Å²) in [5, 5.41) is 3.59. The van der Waals surface area contributed by atoms with E-state index in [1.165, 1.54) is 16.9 Å². The number of rotatable bonds is 5. The van der Waals surface area contributed by atoms with Gasteiger partial charge in [-0.2, -0.15) is 18.3 Å². The summed E-state index contributed by atoms with van der Waals surface area (Å²) in [5.41, 5.74) is 5.02. The zero-order chi connectivity index (χ0) is 15.0. The van der Waals surface area contributed by atoms with Crippen LogP contribution in [0.15, 0.2) is 18.5 Å². The molecule has 0 radical (unpaired) electrons. The zero-order valence-electron chi connectivity index (χ0n) is 11.3. The molecule has 2 aromatic heterocycles. The molecule has 1 aliphatic carbocycles. The van der Waals surface area contributed by atoms with Crippen LogP contribution < -0.4 is 10.6 Å². The van der Waals surface area contributed by atoms with Gasteiger partial charge in [0.15, 0.2) is 11.5 Å². The summed E-state index contributed by atoms with van der Waals surface area (Å²) in [7, 11) is 0. The lowest BCUT2D eigenvalue weighted by Gasteiger charge is -2.23. The highest BCUT2D eigenvalue weighted by Gasteiger charge is 2.36. The highest BCUT2D eigenvalue weighted by atomic mass is 19.4. The van der Waals surface area contributed by atoms with Crippen LogP contribution in [0.1, 0.15) is 25.0 Å². The molecule has 2 heterocycles. The first-order chi connectivity index (χ1) is 10.0. The summed E-state index contributed by atoms with van der Waals surface area (Å²) in [6.07, 6.45) is 1.31. The van der Waals surface area contributed by atoms with Gasteiger partial charge in [-0.3, -0.25) is 0 Å². The Morgan fingerprint density at radius 1 is 1.38 bits per heavy atom. The summed E-state index contributed by atoms with van der Waals surface area (Å²) in [4.78, 5) is 6.32. The largest absolute Gasteiger partial charge is 0.435 e. The number of halogens is 3. The second-order valence-corrected chi connectivity index (χ2v) is 5.17. The van der Waals surface area contributed by atoms with E-state index in [2.05, 4.69) is 10.1 Å². The molecule has 0 atom stereocenters. The molecule has 0 bridgehead atoms. The van der Waals surface area contributed by atoms with Crippen LogP contribution in [0.25, 0.3) is 5.52 Å². The number of aromatic nitrogens is 3. The molecule has 1 fully saturated rings. The fourth-order valence-corrected chi connectivity index (χ4v) is 2.38. The topological polar surface area (TPSA) is 59.5 Å². The number of nitrogens with zero attached hydrogens (tertiary/aromatic N) is 4. The highest BCUT2D eigenvalue weighted by molar-refractivity contribution is 5.70. The molecule has 1 aliphatic rings. The van der Waals surface area contributed by atoms with Crippen molar-refractivity contribution in [1.82, 2.24) is 14.6 Å². The van der Waals surface area contributed by atoms with Crippen LogP contribution in [0.3, 0.4) is 0 Å². The maximum absolute atomic E-state index is 12.8. The number of nitrogens with two attached hydrogens (primary N) is 1. The monoisotopic (exact) mass is 299 g/mol. The fraction of sp³-hybridized carbons (Fsp3) is 0.538. The van der Waals surface area contributed by atoms with Crippen molar-refractivity contribution in [3.63, 3.8) is 0 Å². The van der Waals surface area contributed by atoms with Gasteiger partial charge in [-0.1, -0.05) is 0 Å². The van der Waals surface area contributed by atoms with Crippen LogP contribution >= 0.6 is 0 Å². The van der Waals surface area contributed by atoms with Crippen molar-refractivity contribution in [3.05, 3.63) is 24.2 Å². The second-order valence-electron chi connectivity index (χ2n) is 5.17. The maximum atomic E-state index is 12.8. The van der Waals surface area contributed by atoms with Gasteiger partial charge in [0.2, 0.25) is 0 Å². The van der Waals surface area contributed by atoms with Gasteiger partial charge in [0.1, 0.15) is 5.52 Å². The van der Waals surface area contributed by atoms with Crippen molar-refractivity contribution < 1.29 is 13.2 Å². The Hall–Kier alpha value is -1.83. The molecule has 1 saturated carbocycles. The van der Waals surface area contributed by atoms with Gasteiger partial charge in [0, 0.05) is 31.0 Å². The van der Waals surface area contributed by atoms with E-state index in [0.29, 0.717) is 30.5 Å². The quantitative estimate of drug-likeness (QED) is 0.918. The lowest BCUT2D eigenvalue weighted by atomic mass is 10.3. The summed E-state index contributed by atoms with van der Waals surface area (Å²) < 4.78 is 39.7. The Bertz CT molecular complexity index is 632. The standard InChI is InChI=1S/C13H16F3N5/c14-13(15,16)11-8-10-12(18-5-7-21(10)19-11)20(6-1-4-17)9-2-3-9/h5,7-9H,1-4,6,17H2. The van der Waals surface area contributed by atoms with Gasteiger partial charge in [0.05, 0.1) is 0 Å². The van der Waals surface area contributed by atoms with Gasteiger partial charge in [0.25, 0.3) is 0 Å². The first-order valence-electron chi connectivity index (χ1n) is 6.89. The molecule has 2 N–H and O–H groups in total. The predicted molar refractivity (Wildman–Crippen MR) is 72.0 cm³/mol. The number of fused-ring (bicyclic) bond motifs is 1. The molecular weight excluding hydrogens is 283 g/mol. The van der Waals surface area contributed by atoms with Gasteiger partial charge >= 0.3 is 6.18 Å². The normalized spacial score (nSPS) is 15.6. The van der Waals surface area contributed by atoms with E-state index >= 15 is 0 Å². The molecule has 0 unspecified atom stereocenters. The Balaban J connectivity index is 2.02. The summed E-state index contributed by atoms with van der Waals surface area (Å²) in [6.45, 7) is 1.24. The van der Waals surface area contributed by atoms with Crippen molar-refractivity contribution >= 4 is 11.3 Å². The van der Waals surface area contributed by atoms with E-state index in [1.54, 1.807) is 0 Å². The van der Waals surface area contributed by atoms with Crippen molar-refractivity contribution in [2.45, 2.75) is 31.5 Å². The lowest BCUT2D eigenvalue weighted by molar-refractivity contribution is -0.141. The van der Waals surface area contributed by atoms with E-state index < -0.39 is 11.9 Å². The van der Waals surface area contributed by atoms with Crippen molar-refractivity contribution in [3.8, 4) is 0 Å². The summed E-state index contributed by atoms with van der Waals surface area (Å²) in [6, 6.07) is 1.40. The summed E-state index contributed by atoms with van der Waals surface area (Å²) in [5.74, 6) is 0.552. The zero-order valence-corrected chi connectivity index (χ0v) is 11.3. The van der Waals surface area contributed by atoms with E-state index in [4.69, 9.17) is 5.73 Å². The number of alkyl halides is 3. The molecule has 0 amide bonds. The van der Waals surface area contributed by atoms with Gasteiger partial charge in [-0.05, 0) is 25.8 Å². The number of hydrogen-bond acceptors (Lipinski definition) is 4. The van der Waals surface area contributed by atoms with Crippen molar-refractivity contribution in [2.24, 2.45) is 5.73 Å². The third kappa shape index (κ3) is 2.80. The maximum Gasteiger partial charge on any atom is 0.435 e. The van der Waals surface area contributed by atoms with Crippen LogP contribution in [0.2, 0.25) is 0 Å². The Labute approximate surface area is 119 Å². The minimum atomic E-state index is -4.45. The average Bonchev–Trinajstić information content (AvgIpc) is 3.15. The average molecular weight is 299 g/mol. The molecule has 0 aliphatic heterocycles. The molecule has 0 spiro atoms. The van der Waals surface area contributed by atoms with Gasteiger partial charge < -0.3 is 10.6 Å². The van der Waals surface area contributed by atoms with Crippen LogP contribution in [0.5, 0.6) is 0 Å². The van der Waals surface area contributed by atoms with Crippen molar-refractivity contribution in [1.29, 1.82) is 0 Å². The number of anilines is 1. The lowest BCUT2D eigenvalue weighted by Crippen LogP contribution is -2.29. The Kier molecular flexibility index (Phi) is 3.48. The third-order valence-corrected chi connectivity index (χ3v) is 3.52. The van der Waals surface area contributed by atoms with Crippen LogP contribution in [0, 0.1) is 0 Å². The van der Waals surface area contributed by atoms with E-state index in [9.17, 15) is 13.2 Å². The first kappa shape index (κ1) is 14.1. The minimum absolute atomic E-state index is 0.347. The van der Waals surface area contributed by atoms with Crippen LogP contribution in [-0.4, -0.2) is 33.7 Å². The second kappa shape index (κ2) is 5.18. The van der Waals surface area contributed by atoms with E-state index in [0.717, 1.165) is 25.3 Å². The molecule has 0 aromatic carbocycles. The van der Waals surface area contributed by atoms with E-state index in [1.807, 2.05) is 4.90 Å². The third-order valence-electron chi connectivity index (χ3n) is 3.52. The van der Waals surface area contributed by atoms with Gasteiger partial charge in [-0.15, -0.1) is 0 Å².